The molecule has 0 radical (unpaired) electrons. The standard InChI is InChI=1S/C15H22FNO3S/c1-10(2)20-14(18)13(17-21(19)15(3,4)5)11-6-8-12(16)9-7-11/h6-10,13,17H,1-5H3/t13-,21?/m1/s1. The molecular formula is C15H22FNO3S. The van der Waals surface area contributed by atoms with Crippen LogP contribution >= 0.6 is 0 Å². The summed E-state index contributed by atoms with van der Waals surface area (Å²) in [7, 11) is -1.45. The summed E-state index contributed by atoms with van der Waals surface area (Å²) in [5.41, 5.74) is 0.514. The normalized spacial score (nSPS) is 14.8. The molecule has 1 unspecified atom stereocenters. The van der Waals surface area contributed by atoms with Crippen LogP contribution in [0.25, 0.3) is 0 Å². The predicted molar refractivity (Wildman–Crippen MR) is 81.4 cm³/mol. The molecule has 0 aliphatic carbocycles. The van der Waals surface area contributed by atoms with E-state index >= 15 is 0 Å². The van der Waals surface area contributed by atoms with Crippen molar-refractivity contribution < 1.29 is 18.1 Å². The number of ether oxygens (including phenoxy) is 1. The molecular weight excluding hydrogens is 293 g/mol. The maximum atomic E-state index is 13.0. The van der Waals surface area contributed by atoms with Crippen LogP contribution in [0.4, 0.5) is 4.39 Å². The molecule has 1 aromatic carbocycles. The highest BCUT2D eigenvalue weighted by molar-refractivity contribution is 7.84. The van der Waals surface area contributed by atoms with Gasteiger partial charge in [-0.1, -0.05) is 12.1 Å². The lowest BCUT2D eigenvalue weighted by Gasteiger charge is -2.24. The van der Waals surface area contributed by atoms with E-state index in [1.807, 2.05) is 0 Å². The fraction of sp³-hybridized carbons (Fsp3) is 0.533. The Bertz CT molecular complexity index is 509. The van der Waals surface area contributed by atoms with Crippen molar-refractivity contribution in [1.82, 2.24) is 4.72 Å². The number of rotatable bonds is 5. The molecule has 0 aliphatic heterocycles. The van der Waals surface area contributed by atoms with Crippen molar-refractivity contribution in [3.05, 3.63) is 35.6 Å². The first-order chi connectivity index (χ1) is 9.61. The number of halogens is 1. The molecule has 4 nitrogen and oxygen atoms in total. The Morgan fingerprint density at radius 2 is 1.76 bits per heavy atom. The van der Waals surface area contributed by atoms with Crippen LogP contribution in [-0.2, 0) is 20.5 Å². The molecule has 1 N–H and O–H groups in total. The van der Waals surface area contributed by atoms with Gasteiger partial charge in [0.15, 0.2) is 0 Å². The topological polar surface area (TPSA) is 55.4 Å². The van der Waals surface area contributed by atoms with E-state index in [0.29, 0.717) is 5.56 Å². The summed E-state index contributed by atoms with van der Waals surface area (Å²) in [4.78, 5) is 12.2. The summed E-state index contributed by atoms with van der Waals surface area (Å²) in [6.07, 6.45) is -0.287. The van der Waals surface area contributed by atoms with E-state index in [-0.39, 0.29) is 6.10 Å². The average Bonchev–Trinajstić information content (AvgIpc) is 2.34. The highest BCUT2D eigenvalue weighted by Gasteiger charge is 2.29. The minimum atomic E-state index is -1.45. The van der Waals surface area contributed by atoms with Gasteiger partial charge in [-0.3, -0.25) is 0 Å². The molecule has 0 saturated heterocycles. The van der Waals surface area contributed by atoms with Gasteiger partial charge in [0.05, 0.1) is 21.8 Å². The zero-order valence-electron chi connectivity index (χ0n) is 13.0. The van der Waals surface area contributed by atoms with Gasteiger partial charge in [0.1, 0.15) is 11.9 Å². The number of esters is 1. The summed E-state index contributed by atoms with van der Waals surface area (Å²) in [5, 5.41) is 0. The van der Waals surface area contributed by atoms with Crippen molar-refractivity contribution in [2.24, 2.45) is 0 Å². The minimum Gasteiger partial charge on any atom is -0.462 e. The Labute approximate surface area is 127 Å². The largest absolute Gasteiger partial charge is 0.462 e. The summed E-state index contributed by atoms with van der Waals surface area (Å²) < 4.78 is 32.7. The second-order valence-electron chi connectivity index (χ2n) is 5.97. The van der Waals surface area contributed by atoms with Gasteiger partial charge < -0.3 is 4.74 Å². The Kier molecular flexibility index (Phi) is 6.04. The molecule has 0 aliphatic rings. The van der Waals surface area contributed by atoms with Crippen LogP contribution in [-0.4, -0.2) is 21.0 Å². The fourth-order valence-corrected chi connectivity index (χ4v) is 2.29. The first-order valence-electron chi connectivity index (χ1n) is 6.75. The number of hydrogen-bond acceptors (Lipinski definition) is 3. The van der Waals surface area contributed by atoms with Crippen molar-refractivity contribution in [2.45, 2.75) is 51.5 Å². The van der Waals surface area contributed by atoms with E-state index in [2.05, 4.69) is 4.72 Å². The molecule has 0 aromatic heterocycles. The lowest BCUT2D eigenvalue weighted by molar-refractivity contribution is -0.149. The number of nitrogens with one attached hydrogen (secondary N) is 1. The Morgan fingerprint density at radius 3 is 2.19 bits per heavy atom. The molecule has 0 bridgehead atoms. The highest BCUT2D eigenvalue weighted by Crippen LogP contribution is 2.20. The third-order valence-electron chi connectivity index (χ3n) is 2.57. The van der Waals surface area contributed by atoms with E-state index < -0.39 is 33.6 Å². The van der Waals surface area contributed by atoms with Crippen molar-refractivity contribution in [1.29, 1.82) is 0 Å². The number of benzene rings is 1. The zero-order valence-corrected chi connectivity index (χ0v) is 13.8. The summed E-state index contributed by atoms with van der Waals surface area (Å²) in [5.74, 6) is -0.930. The molecule has 0 spiro atoms. The quantitative estimate of drug-likeness (QED) is 0.850. The maximum absolute atomic E-state index is 13.0. The van der Waals surface area contributed by atoms with Crippen LogP contribution in [0.3, 0.4) is 0 Å². The zero-order chi connectivity index (χ0) is 16.2. The molecule has 0 amide bonds. The summed E-state index contributed by atoms with van der Waals surface area (Å²) in [6.45, 7) is 8.86. The van der Waals surface area contributed by atoms with Gasteiger partial charge in [0, 0.05) is 0 Å². The van der Waals surface area contributed by atoms with Gasteiger partial charge in [-0.15, -0.1) is 0 Å². The van der Waals surface area contributed by atoms with Gasteiger partial charge in [-0.05, 0) is 52.3 Å². The predicted octanol–water partition coefficient (Wildman–Crippen LogP) is 2.87. The SMILES string of the molecule is CC(C)OC(=O)[C@H](NS(=O)C(C)(C)C)c1ccc(F)cc1. The van der Waals surface area contributed by atoms with E-state index in [9.17, 15) is 13.4 Å². The maximum Gasteiger partial charge on any atom is 0.328 e. The van der Waals surface area contributed by atoms with Crippen LogP contribution in [0, 0.1) is 5.82 Å². The molecule has 1 rings (SSSR count). The van der Waals surface area contributed by atoms with Crippen molar-refractivity contribution in [3.63, 3.8) is 0 Å². The first-order valence-corrected chi connectivity index (χ1v) is 7.90. The van der Waals surface area contributed by atoms with E-state index in [0.717, 1.165) is 0 Å². The van der Waals surface area contributed by atoms with Crippen molar-refractivity contribution >= 4 is 17.0 Å². The average molecular weight is 315 g/mol. The lowest BCUT2D eigenvalue weighted by atomic mass is 10.1. The molecule has 6 heteroatoms. The number of hydrogen-bond donors (Lipinski definition) is 1. The monoisotopic (exact) mass is 315 g/mol. The van der Waals surface area contributed by atoms with Crippen LogP contribution in [0.15, 0.2) is 24.3 Å². The number of carbonyl (C=O) groups excluding carboxylic acids is 1. The van der Waals surface area contributed by atoms with Crippen LogP contribution < -0.4 is 4.72 Å². The fourth-order valence-electron chi connectivity index (χ4n) is 1.49. The van der Waals surface area contributed by atoms with Gasteiger partial charge in [-0.25, -0.2) is 18.1 Å². The Balaban J connectivity index is 3.02. The molecule has 0 fully saturated rings. The molecule has 2 atom stereocenters. The van der Waals surface area contributed by atoms with Gasteiger partial charge in [0.2, 0.25) is 0 Å². The molecule has 118 valence electrons. The summed E-state index contributed by atoms with van der Waals surface area (Å²) in [6, 6.07) is 4.58. The minimum absolute atomic E-state index is 0.287. The van der Waals surface area contributed by atoms with Gasteiger partial charge in [-0.2, -0.15) is 0 Å². The Morgan fingerprint density at radius 1 is 1.24 bits per heavy atom. The smallest absolute Gasteiger partial charge is 0.328 e. The third-order valence-corrected chi connectivity index (χ3v) is 4.13. The van der Waals surface area contributed by atoms with Gasteiger partial charge in [0.25, 0.3) is 0 Å². The highest BCUT2D eigenvalue weighted by atomic mass is 32.2. The molecule has 0 saturated carbocycles. The molecule has 1 aromatic rings. The lowest BCUT2D eigenvalue weighted by Crippen LogP contribution is -2.39. The van der Waals surface area contributed by atoms with Crippen LogP contribution in [0.2, 0.25) is 0 Å². The van der Waals surface area contributed by atoms with E-state index in [1.165, 1.54) is 24.3 Å². The van der Waals surface area contributed by atoms with Crippen LogP contribution in [0.1, 0.15) is 46.2 Å². The molecule has 0 heterocycles. The van der Waals surface area contributed by atoms with Gasteiger partial charge >= 0.3 is 5.97 Å². The van der Waals surface area contributed by atoms with Crippen molar-refractivity contribution in [3.8, 4) is 0 Å². The summed E-state index contributed by atoms with van der Waals surface area (Å²) >= 11 is 0. The van der Waals surface area contributed by atoms with Crippen molar-refractivity contribution in [2.75, 3.05) is 0 Å². The van der Waals surface area contributed by atoms with Crippen LogP contribution in [0.5, 0.6) is 0 Å². The Hall–Kier alpha value is -1.27. The molecule has 21 heavy (non-hydrogen) atoms. The van der Waals surface area contributed by atoms with E-state index in [1.54, 1.807) is 34.6 Å². The number of carbonyl (C=O) groups is 1. The first kappa shape index (κ1) is 17.8. The second-order valence-corrected chi connectivity index (χ2v) is 7.97. The van der Waals surface area contributed by atoms with E-state index in [4.69, 9.17) is 4.74 Å². The second kappa shape index (κ2) is 7.13. The third kappa shape index (κ3) is 5.55.